The Balaban J connectivity index is 2.42. The van der Waals surface area contributed by atoms with Gasteiger partial charge in [-0.1, -0.05) is 0 Å². The van der Waals surface area contributed by atoms with Gasteiger partial charge in [-0.05, 0) is 31.7 Å². The molecule has 4 heteroatoms. The molecule has 1 atom stereocenters. The predicted molar refractivity (Wildman–Crippen MR) is 59.3 cm³/mol. The molecule has 0 saturated heterocycles. The summed E-state index contributed by atoms with van der Waals surface area (Å²) in [5.74, 6) is 0.0636. The van der Waals surface area contributed by atoms with Gasteiger partial charge in [0.15, 0.2) is 0 Å². The molecule has 0 spiro atoms. The second-order valence-corrected chi connectivity index (χ2v) is 3.42. The van der Waals surface area contributed by atoms with Crippen molar-refractivity contribution in [2.75, 3.05) is 13.6 Å². The molecule has 4 nitrogen and oxygen atoms in total. The summed E-state index contributed by atoms with van der Waals surface area (Å²) < 4.78 is 0. The lowest BCUT2D eigenvalue weighted by molar-refractivity contribution is -0.121. The third-order valence-electron chi connectivity index (χ3n) is 2.19. The summed E-state index contributed by atoms with van der Waals surface area (Å²) >= 11 is 0. The van der Waals surface area contributed by atoms with E-state index in [-0.39, 0.29) is 11.9 Å². The van der Waals surface area contributed by atoms with Gasteiger partial charge < -0.3 is 10.6 Å². The molecule has 1 amide bonds. The van der Waals surface area contributed by atoms with Gasteiger partial charge in [0, 0.05) is 25.4 Å². The van der Waals surface area contributed by atoms with E-state index in [1.54, 1.807) is 12.4 Å². The number of hydrogen-bond acceptors (Lipinski definition) is 3. The van der Waals surface area contributed by atoms with E-state index in [0.29, 0.717) is 13.0 Å². The summed E-state index contributed by atoms with van der Waals surface area (Å²) in [7, 11) is 1.83. The molecule has 0 fully saturated rings. The molecule has 1 aromatic heterocycles. The molecule has 0 radical (unpaired) electrons. The number of aromatic nitrogens is 1. The van der Waals surface area contributed by atoms with Gasteiger partial charge in [-0.25, -0.2) is 0 Å². The fourth-order valence-corrected chi connectivity index (χ4v) is 1.29. The molecule has 15 heavy (non-hydrogen) atoms. The molecule has 0 aromatic carbocycles. The summed E-state index contributed by atoms with van der Waals surface area (Å²) in [4.78, 5) is 15.4. The average Bonchev–Trinajstić information content (AvgIpc) is 2.27. The number of hydrogen-bond donors (Lipinski definition) is 2. The average molecular weight is 207 g/mol. The fourth-order valence-electron chi connectivity index (χ4n) is 1.29. The second kappa shape index (κ2) is 6.14. The number of pyridine rings is 1. The highest BCUT2D eigenvalue weighted by atomic mass is 16.1. The number of nitrogens with one attached hydrogen (secondary N) is 2. The number of carbonyl (C=O) groups is 1. The van der Waals surface area contributed by atoms with E-state index in [4.69, 9.17) is 0 Å². The predicted octanol–water partition coefficient (Wildman–Crippen LogP) is 0.868. The van der Waals surface area contributed by atoms with Crippen LogP contribution in [0.15, 0.2) is 24.5 Å². The maximum atomic E-state index is 11.4. The Morgan fingerprint density at radius 3 is 2.73 bits per heavy atom. The third-order valence-corrected chi connectivity index (χ3v) is 2.19. The molecule has 1 rings (SSSR count). The Kier molecular flexibility index (Phi) is 4.77. The largest absolute Gasteiger partial charge is 0.350 e. The highest BCUT2D eigenvalue weighted by molar-refractivity contribution is 5.76. The van der Waals surface area contributed by atoms with E-state index >= 15 is 0 Å². The summed E-state index contributed by atoms with van der Waals surface area (Å²) in [6.45, 7) is 2.67. The summed E-state index contributed by atoms with van der Waals surface area (Å²) in [5.41, 5.74) is 1.07. The van der Waals surface area contributed by atoms with Crippen LogP contribution >= 0.6 is 0 Å². The summed E-state index contributed by atoms with van der Waals surface area (Å²) in [6.07, 6.45) is 3.96. The van der Waals surface area contributed by atoms with Crippen LogP contribution in [0.3, 0.4) is 0 Å². The molecule has 0 aliphatic rings. The van der Waals surface area contributed by atoms with Gasteiger partial charge in [0.2, 0.25) is 5.91 Å². The van der Waals surface area contributed by atoms with Crippen molar-refractivity contribution in [1.29, 1.82) is 0 Å². The Morgan fingerprint density at radius 2 is 2.13 bits per heavy atom. The minimum absolute atomic E-state index is 0.0392. The van der Waals surface area contributed by atoms with Crippen LogP contribution in [0.5, 0.6) is 0 Å². The molecule has 82 valence electrons. The molecular formula is C11H17N3O. The molecule has 1 heterocycles. The van der Waals surface area contributed by atoms with Crippen molar-refractivity contribution >= 4 is 5.91 Å². The third kappa shape index (κ3) is 4.08. The maximum Gasteiger partial charge on any atom is 0.221 e. The molecule has 0 aliphatic carbocycles. The normalized spacial score (nSPS) is 12.1. The van der Waals surface area contributed by atoms with Crippen molar-refractivity contribution in [1.82, 2.24) is 15.6 Å². The van der Waals surface area contributed by atoms with Crippen molar-refractivity contribution in [3.63, 3.8) is 0 Å². The number of carbonyl (C=O) groups excluding carboxylic acids is 1. The van der Waals surface area contributed by atoms with E-state index in [9.17, 15) is 4.79 Å². The lowest BCUT2D eigenvalue weighted by Crippen LogP contribution is -2.29. The van der Waals surface area contributed by atoms with Crippen LogP contribution in [-0.4, -0.2) is 24.5 Å². The summed E-state index contributed by atoms with van der Waals surface area (Å²) in [5, 5.41) is 5.87. The van der Waals surface area contributed by atoms with Gasteiger partial charge in [0.05, 0.1) is 6.04 Å². The lowest BCUT2D eigenvalue weighted by atomic mass is 10.1. The first kappa shape index (κ1) is 11.7. The maximum absolute atomic E-state index is 11.4. The molecule has 0 saturated carbocycles. The molecule has 0 aliphatic heterocycles. The Morgan fingerprint density at radius 1 is 1.47 bits per heavy atom. The van der Waals surface area contributed by atoms with Crippen LogP contribution in [0, 0.1) is 0 Å². The first-order valence-electron chi connectivity index (χ1n) is 5.08. The molecule has 0 bridgehead atoms. The van der Waals surface area contributed by atoms with Gasteiger partial charge in [-0.2, -0.15) is 0 Å². The first-order chi connectivity index (χ1) is 7.24. The topological polar surface area (TPSA) is 54.0 Å². The van der Waals surface area contributed by atoms with Crippen molar-refractivity contribution < 1.29 is 4.79 Å². The van der Waals surface area contributed by atoms with Crippen LogP contribution in [0.25, 0.3) is 0 Å². The molecule has 2 N–H and O–H groups in total. The van der Waals surface area contributed by atoms with Crippen LogP contribution in [0.2, 0.25) is 0 Å². The SMILES string of the molecule is CNCCC(=O)N[C@@H](C)c1ccncc1. The Hall–Kier alpha value is -1.42. The van der Waals surface area contributed by atoms with E-state index < -0.39 is 0 Å². The van der Waals surface area contributed by atoms with Crippen molar-refractivity contribution in [3.8, 4) is 0 Å². The van der Waals surface area contributed by atoms with E-state index in [1.165, 1.54) is 0 Å². The molecule has 0 unspecified atom stereocenters. The van der Waals surface area contributed by atoms with Crippen LogP contribution < -0.4 is 10.6 Å². The van der Waals surface area contributed by atoms with Crippen molar-refractivity contribution in [2.45, 2.75) is 19.4 Å². The van der Waals surface area contributed by atoms with Gasteiger partial charge in [-0.3, -0.25) is 9.78 Å². The monoisotopic (exact) mass is 207 g/mol. The van der Waals surface area contributed by atoms with Gasteiger partial charge in [0.1, 0.15) is 0 Å². The molecule has 1 aromatic rings. The first-order valence-corrected chi connectivity index (χ1v) is 5.08. The number of rotatable bonds is 5. The van der Waals surface area contributed by atoms with Crippen LogP contribution in [-0.2, 0) is 4.79 Å². The zero-order valence-electron chi connectivity index (χ0n) is 9.16. The number of nitrogens with zero attached hydrogens (tertiary/aromatic N) is 1. The minimum atomic E-state index is 0.0392. The Bertz CT molecular complexity index is 300. The minimum Gasteiger partial charge on any atom is -0.350 e. The van der Waals surface area contributed by atoms with Gasteiger partial charge in [0.25, 0.3) is 0 Å². The molecular weight excluding hydrogens is 190 g/mol. The van der Waals surface area contributed by atoms with E-state index in [0.717, 1.165) is 5.56 Å². The van der Waals surface area contributed by atoms with Gasteiger partial charge in [-0.15, -0.1) is 0 Å². The van der Waals surface area contributed by atoms with Crippen molar-refractivity contribution in [2.24, 2.45) is 0 Å². The quantitative estimate of drug-likeness (QED) is 0.753. The van der Waals surface area contributed by atoms with E-state index in [2.05, 4.69) is 15.6 Å². The second-order valence-electron chi connectivity index (χ2n) is 3.42. The Labute approximate surface area is 90.1 Å². The van der Waals surface area contributed by atoms with Crippen LogP contribution in [0.4, 0.5) is 0 Å². The zero-order chi connectivity index (χ0) is 11.1. The highest BCUT2D eigenvalue weighted by Crippen LogP contribution is 2.09. The van der Waals surface area contributed by atoms with Crippen molar-refractivity contribution in [3.05, 3.63) is 30.1 Å². The smallest absolute Gasteiger partial charge is 0.221 e. The van der Waals surface area contributed by atoms with Crippen LogP contribution in [0.1, 0.15) is 24.9 Å². The lowest BCUT2D eigenvalue weighted by Gasteiger charge is -2.13. The summed E-state index contributed by atoms with van der Waals surface area (Å²) in [6, 6.07) is 3.85. The zero-order valence-corrected chi connectivity index (χ0v) is 9.16. The number of amides is 1. The van der Waals surface area contributed by atoms with E-state index in [1.807, 2.05) is 26.1 Å². The highest BCUT2D eigenvalue weighted by Gasteiger charge is 2.07. The van der Waals surface area contributed by atoms with Gasteiger partial charge >= 0.3 is 0 Å². The fraction of sp³-hybridized carbons (Fsp3) is 0.455. The standard InChI is InChI=1S/C11H17N3O/c1-9(10-3-7-13-8-4-10)14-11(15)5-6-12-2/h3-4,7-9,12H,5-6H2,1-2H3,(H,14,15)/t9-/m0/s1.